The molecule has 18 heavy (non-hydrogen) atoms. The quantitative estimate of drug-likeness (QED) is 0.865. The normalized spacial score (nSPS) is 22.6. The van der Waals surface area contributed by atoms with Gasteiger partial charge in [-0.2, -0.15) is 0 Å². The summed E-state index contributed by atoms with van der Waals surface area (Å²) >= 11 is 0. The van der Waals surface area contributed by atoms with Crippen molar-refractivity contribution >= 4 is 5.69 Å². The molecule has 0 aromatic heterocycles. The Morgan fingerprint density at radius 3 is 2.56 bits per heavy atom. The van der Waals surface area contributed by atoms with E-state index >= 15 is 0 Å². The van der Waals surface area contributed by atoms with Crippen LogP contribution in [-0.4, -0.2) is 29.4 Å². The van der Waals surface area contributed by atoms with Crippen LogP contribution < -0.4 is 4.90 Å². The minimum Gasteiger partial charge on any atom is -0.394 e. The molecule has 2 atom stereocenters. The van der Waals surface area contributed by atoms with Crippen LogP contribution in [-0.2, 0) is 0 Å². The molecule has 0 saturated carbocycles. The summed E-state index contributed by atoms with van der Waals surface area (Å²) in [6, 6.07) is 8.29. The van der Waals surface area contributed by atoms with Gasteiger partial charge in [0.1, 0.15) is 0 Å². The second kappa shape index (κ2) is 6.21. The molecular weight excluding hydrogens is 226 g/mol. The van der Waals surface area contributed by atoms with Gasteiger partial charge in [-0.3, -0.25) is 0 Å². The van der Waals surface area contributed by atoms with E-state index in [0.717, 1.165) is 24.2 Å². The van der Waals surface area contributed by atoms with Gasteiger partial charge in [-0.05, 0) is 37.5 Å². The lowest BCUT2D eigenvalue weighted by molar-refractivity contribution is 0.199. The highest BCUT2D eigenvalue weighted by Crippen LogP contribution is 2.25. The molecule has 1 fully saturated rings. The van der Waals surface area contributed by atoms with E-state index in [1.165, 1.54) is 19.3 Å². The van der Waals surface area contributed by atoms with Gasteiger partial charge in [0.25, 0.3) is 0 Å². The molecule has 0 radical (unpaired) electrons. The Hall–Kier alpha value is -1.06. The van der Waals surface area contributed by atoms with Gasteiger partial charge in [-0.25, -0.2) is 0 Å². The molecule has 0 spiro atoms. The highest BCUT2D eigenvalue weighted by Gasteiger charge is 2.20. The van der Waals surface area contributed by atoms with Crippen LogP contribution in [0.3, 0.4) is 0 Å². The van der Waals surface area contributed by atoms with Gasteiger partial charge in [-0.15, -0.1) is 0 Å². The van der Waals surface area contributed by atoms with Crippen molar-refractivity contribution in [3.05, 3.63) is 29.8 Å². The Balaban J connectivity index is 2.16. The lowest BCUT2D eigenvalue weighted by atomic mass is 10.1. The van der Waals surface area contributed by atoms with Crippen molar-refractivity contribution in [2.75, 3.05) is 18.1 Å². The Kier molecular flexibility index (Phi) is 4.61. The zero-order chi connectivity index (χ0) is 13.0. The summed E-state index contributed by atoms with van der Waals surface area (Å²) < 4.78 is 0. The third kappa shape index (κ3) is 3.03. The van der Waals surface area contributed by atoms with Gasteiger partial charge < -0.3 is 15.1 Å². The van der Waals surface area contributed by atoms with Crippen molar-refractivity contribution in [3.8, 4) is 0 Å². The molecule has 1 aliphatic heterocycles. The topological polar surface area (TPSA) is 43.7 Å². The van der Waals surface area contributed by atoms with Crippen LogP contribution in [0, 0.1) is 0 Å². The number of nitrogens with zero attached hydrogens (tertiary/aromatic N) is 1. The van der Waals surface area contributed by atoms with Crippen molar-refractivity contribution in [1.29, 1.82) is 0 Å². The summed E-state index contributed by atoms with van der Waals surface area (Å²) in [5.74, 6) is 0. The second-order valence-electron chi connectivity index (χ2n) is 5.15. The van der Waals surface area contributed by atoms with Gasteiger partial charge in [0.2, 0.25) is 0 Å². The van der Waals surface area contributed by atoms with Gasteiger partial charge in [-0.1, -0.05) is 25.0 Å². The lowest BCUT2D eigenvalue weighted by Gasteiger charge is -2.31. The summed E-state index contributed by atoms with van der Waals surface area (Å²) in [7, 11) is 0. The van der Waals surface area contributed by atoms with Crippen LogP contribution in [0.4, 0.5) is 5.69 Å². The maximum atomic E-state index is 9.51. The molecule has 0 amide bonds. The summed E-state index contributed by atoms with van der Waals surface area (Å²) in [6.45, 7) is 3.01. The van der Waals surface area contributed by atoms with Crippen LogP contribution in [0.15, 0.2) is 24.3 Å². The molecule has 1 aromatic carbocycles. The maximum absolute atomic E-state index is 9.51. The number of rotatable bonds is 3. The number of benzene rings is 1. The first-order valence-electron chi connectivity index (χ1n) is 6.88. The number of anilines is 1. The molecule has 3 nitrogen and oxygen atoms in total. The first-order chi connectivity index (χ1) is 8.72. The highest BCUT2D eigenvalue weighted by molar-refractivity contribution is 5.49. The van der Waals surface area contributed by atoms with Crippen LogP contribution >= 0.6 is 0 Å². The van der Waals surface area contributed by atoms with Crippen LogP contribution in [0.1, 0.15) is 44.3 Å². The number of hydrogen-bond donors (Lipinski definition) is 2. The third-order valence-electron chi connectivity index (χ3n) is 3.80. The maximum Gasteiger partial charge on any atom is 0.0761 e. The van der Waals surface area contributed by atoms with Gasteiger partial charge in [0, 0.05) is 12.2 Å². The molecule has 1 aromatic rings. The molecule has 1 saturated heterocycles. The average molecular weight is 249 g/mol. The van der Waals surface area contributed by atoms with Crippen molar-refractivity contribution in [2.24, 2.45) is 0 Å². The highest BCUT2D eigenvalue weighted by atomic mass is 16.3. The van der Waals surface area contributed by atoms with Crippen molar-refractivity contribution in [1.82, 2.24) is 0 Å². The Bertz CT molecular complexity index is 361. The van der Waals surface area contributed by atoms with E-state index < -0.39 is 6.10 Å². The molecule has 2 N–H and O–H groups in total. The Morgan fingerprint density at radius 1 is 1.22 bits per heavy atom. The SMILES string of the molecule is C[C@@H](O)c1ccc(N2CCCCCC2CO)cc1. The molecule has 3 heteroatoms. The molecular formula is C15H23NO2. The fraction of sp³-hybridized carbons (Fsp3) is 0.600. The van der Waals surface area contributed by atoms with Crippen molar-refractivity contribution < 1.29 is 10.2 Å². The smallest absolute Gasteiger partial charge is 0.0761 e. The fourth-order valence-corrected chi connectivity index (χ4v) is 2.65. The first-order valence-corrected chi connectivity index (χ1v) is 6.88. The second-order valence-corrected chi connectivity index (χ2v) is 5.15. The minimum absolute atomic E-state index is 0.220. The van der Waals surface area contributed by atoms with Crippen molar-refractivity contribution in [3.63, 3.8) is 0 Å². The largest absolute Gasteiger partial charge is 0.394 e. The zero-order valence-electron chi connectivity index (χ0n) is 11.0. The van der Waals surface area contributed by atoms with Crippen LogP contribution in [0.5, 0.6) is 0 Å². The summed E-state index contributed by atoms with van der Waals surface area (Å²) in [5.41, 5.74) is 2.09. The number of aliphatic hydroxyl groups is 2. The first kappa shape index (κ1) is 13.4. The summed E-state index contributed by atoms with van der Waals surface area (Å²) in [4.78, 5) is 2.30. The van der Waals surface area contributed by atoms with E-state index in [0.29, 0.717) is 0 Å². The van der Waals surface area contributed by atoms with E-state index in [1.54, 1.807) is 6.92 Å². The molecule has 1 unspecified atom stereocenters. The van der Waals surface area contributed by atoms with Crippen molar-refractivity contribution in [2.45, 2.75) is 44.8 Å². The fourth-order valence-electron chi connectivity index (χ4n) is 2.65. The minimum atomic E-state index is -0.420. The van der Waals surface area contributed by atoms with Crippen LogP contribution in [0.2, 0.25) is 0 Å². The predicted molar refractivity (Wildman–Crippen MR) is 73.8 cm³/mol. The monoisotopic (exact) mass is 249 g/mol. The summed E-state index contributed by atoms with van der Waals surface area (Å²) in [6.07, 6.45) is 4.28. The Morgan fingerprint density at radius 2 is 1.94 bits per heavy atom. The Labute approximate surface area is 109 Å². The number of hydrogen-bond acceptors (Lipinski definition) is 3. The van der Waals surface area contributed by atoms with E-state index in [9.17, 15) is 10.2 Å². The number of aliphatic hydroxyl groups excluding tert-OH is 2. The van der Waals surface area contributed by atoms with Gasteiger partial charge in [0.05, 0.1) is 18.8 Å². The average Bonchev–Trinajstić information content (AvgIpc) is 2.63. The van der Waals surface area contributed by atoms with E-state index in [4.69, 9.17) is 0 Å². The standard InChI is InChI=1S/C15H23NO2/c1-12(18)13-6-8-14(9-7-13)16-10-4-2-3-5-15(16)11-17/h6-9,12,15,17-18H,2-5,10-11H2,1H3/t12-,15?/m1/s1. The van der Waals surface area contributed by atoms with Crippen LogP contribution in [0.25, 0.3) is 0 Å². The predicted octanol–water partition coefficient (Wildman–Crippen LogP) is 2.48. The molecule has 100 valence electrons. The summed E-state index contributed by atoms with van der Waals surface area (Å²) in [5, 5.41) is 19.0. The van der Waals surface area contributed by atoms with E-state index in [1.807, 2.05) is 12.1 Å². The molecule has 1 aliphatic rings. The molecule has 0 bridgehead atoms. The van der Waals surface area contributed by atoms with Gasteiger partial charge >= 0.3 is 0 Å². The lowest BCUT2D eigenvalue weighted by Crippen LogP contribution is -2.37. The third-order valence-corrected chi connectivity index (χ3v) is 3.80. The molecule has 0 aliphatic carbocycles. The van der Waals surface area contributed by atoms with Gasteiger partial charge in [0.15, 0.2) is 0 Å². The molecule has 1 heterocycles. The van der Waals surface area contributed by atoms with E-state index in [2.05, 4.69) is 17.0 Å². The molecule has 2 rings (SSSR count). The zero-order valence-corrected chi connectivity index (χ0v) is 11.0. The van der Waals surface area contributed by atoms with E-state index in [-0.39, 0.29) is 12.6 Å².